The number of ether oxygens (including phenoxy) is 1. The summed E-state index contributed by atoms with van der Waals surface area (Å²) in [6.07, 6.45) is 1.99. The molecule has 3 rings (SSSR count). The van der Waals surface area contributed by atoms with Crippen LogP contribution in [0, 0.1) is 6.92 Å². The van der Waals surface area contributed by atoms with Crippen molar-refractivity contribution in [3.8, 4) is 5.75 Å². The Kier molecular flexibility index (Phi) is 4.18. The van der Waals surface area contributed by atoms with Crippen molar-refractivity contribution in [1.82, 2.24) is 4.72 Å². The van der Waals surface area contributed by atoms with Gasteiger partial charge in [-0.3, -0.25) is 0 Å². The molecule has 1 aliphatic rings. The molecule has 0 saturated carbocycles. The Morgan fingerprint density at radius 1 is 1.18 bits per heavy atom. The number of hydrogen-bond donors (Lipinski definition) is 1. The van der Waals surface area contributed by atoms with E-state index in [0.29, 0.717) is 4.90 Å². The summed E-state index contributed by atoms with van der Waals surface area (Å²) in [6, 6.07) is 12.8. The van der Waals surface area contributed by atoms with Gasteiger partial charge in [0.15, 0.2) is 0 Å². The molecular formula is C17H19NO3S. The van der Waals surface area contributed by atoms with E-state index in [0.717, 1.165) is 41.9 Å². The van der Waals surface area contributed by atoms with Gasteiger partial charge in [-0.1, -0.05) is 30.3 Å². The quantitative estimate of drug-likeness (QED) is 0.943. The van der Waals surface area contributed by atoms with E-state index in [1.165, 1.54) is 0 Å². The maximum absolute atomic E-state index is 12.4. The van der Waals surface area contributed by atoms with Crippen molar-refractivity contribution in [3.63, 3.8) is 0 Å². The summed E-state index contributed by atoms with van der Waals surface area (Å²) < 4.78 is 33.0. The van der Waals surface area contributed by atoms with Crippen molar-refractivity contribution in [2.24, 2.45) is 0 Å². The fourth-order valence-electron chi connectivity index (χ4n) is 2.64. The first-order chi connectivity index (χ1) is 10.6. The first-order valence-corrected chi connectivity index (χ1v) is 8.84. The van der Waals surface area contributed by atoms with Crippen LogP contribution in [0.4, 0.5) is 0 Å². The molecule has 1 aliphatic heterocycles. The summed E-state index contributed by atoms with van der Waals surface area (Å²) in [4.78, 5) is 0.330. The average molecular weight is 317 g/mol. The Morgan fingerprint density at radius 3 is 2.82 bits per heavy atom. The molecule has 1 heterocycles. The van der Waals surface area contributed by atoms with E-state index in [1.807, 2.05) is 24.3 Å². The Hall–Kier alpha value is -1.85. The lowest BCUT2D eigenvalue weighted by atomic mass is 10.0. The molecule has 5 heteroatoms. The van der Waals surface area contributed by atoms with Crippen molar-refractivity contribution in [3.05, 3.63) is 59.2 Å². The molecule has 1 N–H and O–H groups in total. The van der Waals surface area contributed by atoms with E-state index in [4.69, 9.17) is 4.74 Å². The zero-order valence-electron chi connectivity index (χ0n) is 12.5. The van der Waals surface area contributed by atoms with Crippen LogP contribution in [-0.2, 0) is 23.0 Å². The monoisotopic (exact) mass is 317 g/mol. The van der Waals surface area contributed by atoms with Gasteiger partial charge in [0.05, 0.1) is 11.5 Å². The zero-order valence-corrected chi connectivity index (χ0v) is 13.3. The van der Waals surface area contributed by atoms with Crippen LogP contribution in [0.5, 0.6) is 5.75 Å². The van der Waals surface area contributed by atoms with Gasteiger partial charge < -0.3 is 4.74 Å². The van der Waals surface area contributed by atoms with Crippen molar-refractivity contribution < 1.29 is 13.2 Å². The summed E-state index contributed by atoms with van der Waals surface area (Å²) in [5.74, 6) is 0.914. The molecule has 22 heavy (non-hydrogen) atoms. The molecule has 4 nitrogen and oxygen atoms in total. The normalized spacial score (nSPS) is 14.2. The first kappa shape index (κ1) is 15.1. The molecule has 2 aromatic carbocycles. The molecule has 2 aromatic rings. The number of fused-ring (bicyclic) bond motifs is 1. The standard InChI is InChI=1S/C17H19NO3S/c1-13-5-2-3-7-17(13)22(19,20)18-12-14-8-9-16-15(11-14)6-4-10-21-16/h2-3,5,7-9,11,18H,4,6,10,12H2,1H3. The van der Waals surface area contributed by atoms with Gasteiger partial charge in [0, 0.05) is 6.54 Å². The van der Waals surface area contributed by atoms with Gasteiger partial charge >= 0.3 is 0 Å². The van der Waals surface area contributed by atoms with E-state index in [2.05, 4.69) is 4.72 Å². The highest BCUT2D eigenvalue weighted by Gasteiger charge is 2.16. The Balaban J connectivity index is 1.76. The van der Waals surface area contributed by atoms with Gasteiger partial charge in [0.25, 0.3) is 0 Å². The van der Waals surface area contributed by atoms with Gasteiger partial charge in [0.1, 0.15) is 5.75 Å². The summed E-state index contributed by atoms with van der Waals surface area (Å²) in [7, 11) is -3.49. The third-order valence-electron chi connectivity index (χ3n) is 3.82. The molecule has 0 aliphatic carbocycles. The molecule has 116 valence electrons. The number of aryl methyl sites for hydroxylation is 2. The maximum Gasteiger partial charge on any atom is 0.241 e. The fourth-order valence-corrected chi connectivity index (χ4v) is 3.90. The lowest BCUT2D eigenvalue weighted by Gasteiger charge is -2.18. The third kappa shape index (κ3) is 3.15. The Morgan fingerprint density at radius 2 is 2.00 bits per heavy atom. The number of hydrogen-bond acceptors (Lipinski definition) is 3. The van der Waals surface area contributed by atoms with Gasteiger partial charge in [-0.2, -0.15) is 0 Å². The molecule has 0 amide bonds. The van der Waals surface area contributed by atoms with Gasteiger partial charge in [-0.25, -0.2) is 13.1 Å². The van der Waals surface area contributed by atoms with Crippen LogP contribution in [0.15, 0.2) is 47.4 Å². The molecular weight excluding hydrogens is 298 g/mol. The topological polar surface area (TPSA) is 55.4 Å². The Labute approximate surface area is 131 Å². The van der Waals surface area contributed by atoms with E-state index in [1.54, 1.807) is 25.1 Å². The summed E-state index contributed by atoms with van der Waals surface area (Å²) in [5.41, 5.74) is 2.84. The Bertz CT molecular complexity index is 784. The zero-order chi connectivity index (χ0) is 15.6. The third-order valence-corrected chi connectivity index (χ3v) is 5.38. The van der Waals surface area contributed by atoms with Gasteiger partial charge in [-0.15, -0.1) is 0 Å². The van der Waals surface area contributed by atoms with Crippen LogP contribution in [-0.4, -0.2) is 15.0 Å². The highest BCUT2D eigenvalue weighted by atomic mass is 32.2. The van der Waals surface area contributed by atoms with Crippen LogP contribution in [0.25, 0.3) is 0 Å². The van der Waals surface area contributed by atoms with Crippen LogP contribution >= 0.6 is 0 Å². The average Bonchev–Trinajstić information content (AvgIpc) is 2.53. The first-order valence-electron chi connectivity index (χ1n) is 7.36. The van der Waals surface area contributed by atoms with Gasteiger partial charge in [-0.05, 0) is 48.6 Å². The van der Waals surface area contributed by atoms with Crippen molar-refractivity contribution in [2.75, 3.05) is 6.61 Å². The predicted molar refractivity (Wildman–Crippen MR) is 85.5 cm³/mol. The molecule has 0 unspecified atom stereocenters. The minimum Gasteiger partial charge on any atom is -0.493 e. The molecule has 0 fully saturated rings. The lowest BCUT2D eigenvalue weighted by molar-refractivity contribution is 0.288. The number of nitrogens with one attached hydrogen (secondary N) is 1. The van der Waals surface area contributed by atoms with E-state index < -0.39 is 10.0 Å². The molecule has 0 atom stereocenters. The molecule has 0 spiro atoms. The summed E-state index contributed by atoms with van der Waals surface area (Å²) >= 11 is 0. The second kappa shape index (κ2) is 6.10. The largest absolute Gasteiger partial charge is 0.493 e. The maximum atomic E-state index is 12.4. The molecule has 0 bridgehead atoms. The second-order valence-electron chi connectivity index (χ2n) is 5.48. The smallest absolute Gasteiger partial charge is 0.241 e. The van der Waals surface area contributed by atoms with Crippen molar-refractivity contribution >= 4 is 10.0 Å². The highest BCUT2D eigenvalue weighted by molar-refractivity contribution is 7.89. The van der Waals surface area contributed by atoms with E-state index >= 15 is 0 Å². The van der Waals surface area contributed by atoms with Crippen molar-refractivity contribution in [1.29, 1.82) is 0 Å². The minimum atomic E-state index is -3.49. The summed E-state index contributed by atoms with van der Waals surface area (Å²) in [6.45, 7) is 2.83. The second-order valence-corrected chi connectivity index (χ2v) is 7.22. The molecule has 0 radical (unpaired) electrons. The van der Waals surface area contributed by atoms with Crippen molar-refractivity contribution in [2.45, 2.75) is 31.2 Å². The van der Waals surface area contributed by atoms with Gasteiger partial charge in [0.2, 0.25) is 10.0 Å². The number of sulfonamides is 1. The highest BCUT2D eigenvalue weighted by Crippen LogP contribution is 2.25. The minimum absolute atomic E-state index is 0.282. The van der Waals surface area contributed by atoms with Crippen LogP contribution in [0.3, 0.4) is 0 Å². The summed E-state index contributed by atoms with van der Waals surface area (Å²) in [5, 5.41) is 0. The fraction of sp³-hybridized carbons (Fsp3) is 0.294. The molecule has 0 saturated heterocycles. The lowest BCUT2D eigenvalue weighted by Crippen LogP contribution is -2.24. The van der Waals surface area contributed by atoms with Crippen LogP contribution < -0.4 is 9.46 Å². The number of benzene rings is 2. The van der Waals surface area contributed by atoms with Crippen LogP contribution in [0.1, 0.15) is 23.1 Å². The molecule has 0 aromatic heterocycles. The van der Waals surface area contributed by atoms with E-state index in [-0.39, 0.29) is 6.54 Å². The van der Waals surface area contributed by atoms with E-state index in [9.17, 15) is 8.42 Å². The van der Waals surface area contributed by atoms with Crippen LogP contribution in [0.2, 0.25) is 0 Å². The number of rotatable bonds is 4. The SMILES string of the molecule is Cc1ccccc1S(=O)(=O)NCc1ccc2c(c1)CCCO2. The predicted octanol–water partition coefficient (Wildman–Crippen LogP) is 2.80.